The van der Waals surface area contributed by atoms with Gasteiger partial charge in [-0.1, -0.05) is 6.07 Å². The van der Waals surface area contributed by atoms with E-state index in [2.05, 4.69) is 0 Å². The number of methoxy groups -OCH3 is 3. The molecular weight excluding hydrogens is 372 g/mol. The Bertz CT molecular complexity index is 923. The smallest absolute Gasteiger partial charge is 0.307 e. The first-order valence-corrected chi connectivity index (χ1v) is 8.84. The van der Waals surface area contributed by atoms with Crippen LogP contribution in [-0.2, 0) is 9.53 Å². The van der Waals surface area contributed by atoms with E-state index in [9.17, 15) is 14.4 Å². The first-order chi connectivity index (χ1) is 12.9. The summed E-state index contributed by atoms with van der Waals surface area (Å²) in [6.07, 6.45) is -0.197. The average molecular weight is 390 g/mol. The van der Waals surface area contributed by atoms with Gasteiger partial charge in [0.1, 0.15) is 0 Å². The number of carbonyl (C=O) groups excluding carboxylic acids is 3. The third-order valence-corrected chi connectivity index (χ3v) is 5.20. The highest BCUT2D eigenvalue weighted by molar-refractivity contribution is 7.14. The van der Waals surface area contributed by atoms with Crippen LogP contribution in [0.25, 0.3) is 0 Å². The van der Waals surface area contributed by atoms with Gasteiger partial charge in [0.05, 0.1) is 49.9 Å². The lowest BCUT2D eigenvalue weighted by Gasteiger charge is -2.26. The minimum absolute atomic E-state index is 0.181. The summed E-state index contributed by atoms with van der Waals surface area (Å²) in [6, 6.07) is 4.08. The molecule has 0 bridgehead atoms. The standard InChI is InChI=1S/C18H18N2O6S/c1-24-12-5-4-9(6-13(12)25-2)11(7-14(21)26-3)20-17(22)10-8-27-16(19)15(10)18(20)23/h4-6,8,11H,7,19H2,1-3H3. The highest BCUT2D eigenvalue weighted by Crippen LogP contribution is 2.40. The number of rotatable bonds is 6. The molecule has 1 aliphatic heterocycles. The minimum Gasteiger partial charge on any atom is -0.493 e. The molecule has 0 saturated heterocycles. The van der Waals surface area contributed by atoms with Gasteiger partial charge in [-0.05, 0) is 17.7 Å². The van der Waals surface area contributed by atoms with Crippen molar-refractivity contribution < 1.29 is 28.6 Å². The quantitative estimate of drug-likeness (QED) is 0.595. The number of anilines is 1. The Morgan fingerprint density at radius 1 is 1.15 bits per heavy atom. The Hall–Kier alpha value is -3.07. The van der Waals surface area contributed by atoms with Gasteiger partial charge in [0.15, 0.2) is 11.5 Å². The topological polar surface area (TPSA) is 108 Å². The molecule has 8 nitrogen and oxygen atoms in total. The van der Waals surface area contributed by atoms with Gasteiger partial charge in [-0.2, -0.15) is 0 Å². The van der Waals surface area contributed by atoms with Crippen LogP contribution >= 0.6 is 11.3 Å². The van der Waals surface area contributed by atoms with E-state index >= 15 is 0 Å². The first-order valence-electron chi connectivity index (χ1n) is 7.96. The fourth-order valence-corrected chi connectivity index (χ4v) is 3.81. The molecule has 27 heavy (non-hydrogen) atoms. The summed E-state index contributed by atoms with van der Waals surface area (Å²) in [4.78, 5) is 38.7. The van der Waals surface area contributed by atoms with Crippen molar-refractivity contribution in [2.75, 3.05) is 27.1 Å². The van der Waals surface area contributed by atoms with Crippen LogP contribution in [0, 0.1) is 0 Å². The van der Waals surface area contributed by atoms with Crippen LogP contribution in [0.2, 0.25) is 0 Å². The van der Waals surface area contributed by atoms with Crippen molar-refractivity contribution in [1.82, 2.24) is 4.90 Å². The van der Waals surface area contributed by atoms with E-state index in [1.54, 1.807) is 23.6 Å². The lowest BCUT2D eigenvalue weighted by Crippen LogP contribution is -2.35. The molecule has 1 unspecified atom stereocenters. The third kappa shape index (κ3) is 3.10. The van der Waals surface area contributed by atoms with Gasteiger partial charge in [0.2, 0.25) is 0 Å². The summed E-state index contributed by atoms with van der Waals surface area (Å²) in [6.45, 7) is 0. The maximum Gasteiger partial charge on any atom is 0.307 e. The van der Waals surface area contributed by atoms with Crippen LogP contribution in [0.5, 0.6) is 11.5 Å². The van der Waals surface area contributed by atoms with Gasteiger partial charge in [-0.3, -0.25) is 19.3 Å². The molecule has 1 atom stereocenters. The van der Waals surface area contributed by atoms with Crippen LogP contribution in [-0.4, -0.2) is 44.0 Å². The van der Waals surface area contributed by atoms with Crippen molar-refractivity contribution in [3.8, 4) is 11.5 Å². The molecule has 2 heterocycles. The highest BCUT2D eigenvalue weighted by Gasteiger charge is 2.43. The summed E-state index contributed by atoms with van der Waals surface area (Å²) in [5.74, 6) is -0.681. The first kappa shape index (κ1) is 18.7. The predicted octanol–water partition coefficient (Wildman–Crippen LogP) is 2.25. The van der Waals surface area contributed by atoms with Crippen molar-refractivity contribution in [2.24, 2.45) is 0 Å². The lowest BCUT2D eigenvalue weighted by molar-refractivity contribution is -0.141. The van der Waals surface area contributed by atoms with Gasteiger partial charge in [-0.15, -0.1) is 11.3 Å². The number of nitrogens with zero attached hydrogens (tertiary/aromatic N) is 1. The number of thiophene rings is 1. The van der Waals surface area contributed by atoms with Crippen molar-refractivity contribution in [2.45, 2.75) is 12.5 Å². The molecule has 0 saturated carbocycles. The summed E-state index contributed by atoms with van der Waals surface area (Å²) in [5, 5.41) is 1.82. The fraction of sp³-hybridized carbons (Fsp3) is 0.278. The molecular formula is C18H18N2O6S. The molecule has 0 aliphatic carbocycles. The van der Waals surface area contributed by atoms with Gasteiger partial charge in [-0.25, -0.2) is 0 Å². The van der Waals surface area contributed by atoms with Crippen molar-refractivity contribution >= 4 is 34.1 Å². The van der Waals surface area contributed by atoms with Crippen LogP contribution in [0.1, 0.15) is 38.7 Å². The number of carbonyl (C=O) groups is 3. The second kappa shape index (κ2) is 7.28. The molecule has 1 aromatic carbocycles. The van der Waals surface area contributed by atoms with Crippen LogP contribution in [0.4, 0.5) is 5.00 Å². The minimum atomic E-state index is -0.867. The fourth-order valence-electron chi connectivity index (χ4n) is 3.04. The number of nitrogens with two attached hydrogens (primary N) is 1. The van der Waals surface area contributed by atoms with E-state index in [0.717, 1.165) is 16.2 Å². The maximum atomic E-state index is 12.9. The van der Waals surface area contributed by atoms with Crippen LogP contribution in [0.15, 0.2) is 23.6 Å². The Morgan fingerprint density at radius 2 is 1.85 bits per heavy atom. The van der Waals surface area contributed by atoms with E-state index < -0.39 is 23.8 Å². The van der Waals surface area contributed by atoms with Gasteiger partial charge in [0.25, 0.3) is 11.8 Å². The molecule has 0 fully saturated rings. The zero-order chi connectivity index (χ0) is 19.7. The molecule has 3 rings (SSSR count). The second-order valence-electron chi connectivity index (χ2n) is 5.78. The van der Waals surface area contributed by atoms with Crippen LogP contribution in [0.3, 0.4) is 0 Å². The van der Waals surface area contributed by atoms with E-state index in [1.165, 1.54) is 21.3 Å². The largest absolute Gasteiger partial charge is 0.493 e. The number of hydrogen-bond donors (Lipinski definition) is 1. The Balaban J connectivity index is 2.06. The average Bonchev–Trinajstić information content (AvgIpc) is 3.18. The number of amides is 2. The maximum absolute atomic E-state index is 12.9. The zero-order valence-electron chi connectivity index (χ0n) is 15.0. The van der Waals surface area contributed by atoms with Crippen molar-refractivity contribution in [1.29, 1.82) is 0 Å². The lowest BCUT2D eigenvalue weighted by atomic mass is 10.0. The Labute approximate surface area is 159 Å². The van der Waals surface area contributed by atoms with E-state index in [1.807, 2.05) is 0 Å². The third-order valence-electron chi connectivity index (χ3n) is 4.39. The molecule has 2 N–H and O–H groups in total. The monoisotopic (exact) mass is 390 g/mol. The number of fused-ring (bicyclic) bond motifs is 1. The van der Waals surface area contributed by atoms with Crippen molar-refractivity contribution in [3.63, 3.8) is 0 Å². The molecule has 0 radical (unpaired) electrons. The second-order valence-corrected chi connectivity index (χ2v) is 6.69. The number of nitrogen functional groups attached to an aromatic ring is 1. The predicted molar refractivity (Wildman–Crippen MR) is 98.2 cm³/mol. The molecule has 2 aromatic rings. The molecule has 2 amide bonds. The summed E-state index contributed by atoms with van der Waals surface area (Å²) in [7, 11) is 4.22. The number of benzene rings is 1. The van der Waals surface area contributed by atoms with Gasteiger partial charge < -0.3 is 19.9 Å². The van der Waals surface area contributed by atoms with Gasteiger partial charge in [0, 0.05) is 5.38 Å². The molecule has 1 aromatic heterocycles. The summed E-state index contributed by atoms with van der Waals surface area (Å²) < 4.78 is 15.3. The zero-order valence-corrected chi connectivity index (χ0v) is 15.8. The van der Waals surface area contributed by atoms with E-state index in [0.29, 0.717) is 17.1 Å². The van der Waals surface area contributed by atoms with Gasteiger partial charge >= 0.3 is 5.97 Å². The van der Waals surface area contributed by atoms with E-state index in [-0.39, 0.29) is 22.5 Å². The van der Waals surface area contributed by atoms with E-state index in [4.69, 9.17) is 19.9 Å². The molecule has 9 heteroatoms. The molecule has 0 spiro atoms. The number of esters is 1. The number of hydrogen-bond acceptors (Lipinski definition) is 8. The molecule has 142 valence electrons. The normalized spacial score (nSPS) is 14.1. The Morgan fingerprint density at radius 3 is 2.44 bits per heavy atom. The highest BCUT2D eigenvalue weighted by atomic mass is 32.1. The Kier molecular flexibility index (Phi) is 5.04. The number of imide groups is 1. The summed E-state index contributed by atoms with van der Waals surface area (Å²) >= 11 is 1.13. The number of ether oxygens (including phenoxy) is 3. The van der Waals surface area contributed by atoms with Crippen molar-refractivity contribution in [3.05, 3.63) is 40.3 Å². The summed E-state index contributed by atoms with van der Waals surface area (Å²) in [5.41, 5.74) is 6.81. The SMILES string of the molecule is COC(=O)CC(c1ccc(OC)c(OC)c1)N1C(=O)c2csc(N)c2C1=O. The molecule has 1 aliphatic rings. The van der Waals surface area contributed by atoms with Crippen LogP contribution < -0.4 is 15.2 Å².